The average Bonchev–Trinajstić information content (AvgIpc) is 2.79. The SMILES string of the molecule is CCCOCCCCOc1cnc(-c2ccc(OCc3ccccc3)cc2)nc1. The van der Waals surface area contributed by atoms with Crippen molar-refractivity contribution in [2.45, 2.75) is 32.8 Å². The third kappa shape index (κ3) is 7.20. The second kappa shape index (κ2) is 11.8. The van der Waals surface area contributed by atoms with Crippen molar-refractivity contribution in [1.29, 1.82) is 0 Å². The summed E-state index contributed by atoms with van der Waals surface area (Å²) in [5, 5.41) is 0. The Balaban J connectivity index is 1.43. The van der Waals surface area contributed by atoms with Gasteiger partial charge < -0.3 is 14.2 Å². The Bertz CT molecular complexity index is 821. The van der Waals surface area contributed by atoms with Crippen LogP contribution >= 0.6 is 0 Å². The van der Waals surface area contributed by atoms with Gasteiger partial charge in [0.1, 0.15) is 12.4 Å². The highest BCUT2D eigenvalue weighted by molar-refractivity contribution is 5.56. The molecule has 5 nitrogen and oxygen atoms in total. The minimum atomic E-state index is 0.549. The van der Waals surface area contributed by atoms with Gasteiger partial charge in [-0.3, -0.25) is 0 Å². The normalized spacial score (nSPS) is 10.7. The molecule has 2 aromatic carbocycles. The first-order valence-electron chi connectivity index (χ1n) is 10.1. The third-order valence-corrected chi connectivity index (χ3v) is 4.29. The van der Waals surface area contributed by atoms with E-state index in [4.69, 9.17) is 14.2 Å². The van der Waals surface area contributed by atoms with Gasteiger partial charge in [0.05, 0.1) is 19.0 Å². The summed E-state index contributed by atoms with van der Waals surface area (Å²) in [4.78, 5) is 8.82. The lowest BCUT2D eigenvalue weighted by Crippen LogP contribution is -2.02. The highest BCUT2D eigenvalue weighted by Crippen LogP contribution is 2.21. The number of aromatic nitrogens is 2. The van der Waals surface area contributed by atoms with Crippen molar-refractivity contribution in [3.63, 3.8) is 0 Å². The molecule has 0 aliphatic rings. The molecule has 0 unspecified atom stereocenters. The van der Waals surface area contributed by atoms with E-state index in [9.17, 15) is 0 Å². The van der Waals surface area contributed by atoms with Crippen LogP contribution in [0.3, 0.4) is 0 Å². The summed E-state index contributed by atoms with van der Waals surface area (Å²) in [5.41, 5.74) is 2.08. The van der Waals surface area contributed by atoms with Crippen molar-refractivity contribution >= 4 is 0 Å². The van der Waals surface area contributed by atoms with Crippen LogP contribution in [0.1, 0.15) is 31.7 Å². The third-order valence-electron chi connectivity index (χ3n) is 4.29. The molecule has 1 aromatic heterocycles. The molecular weight excluding hydrogens is 364 g/mol. The van der Waals surface area contributed by atoms with Gasteiger partial charge in [0, 0.05) is 18.8 Å². The zero-order valence-electron chi connectivity index (χ0n) is 16.9. The summed E-state index contributed by atoms with van der Waals surface area (Å²) in [6.07, 6.45) is 6.45. The molecule has 0 fully saturated rings. The smallest absolute Gasteiger partial charge is 0.159 e. The predicted octanol–water partition coefficient (Wildman–Crippen LogP) is 5.31. The van der Waals surface area contributed by atoms with Gasteiger partial charge in [-0.05, 0) is 49.1 Å². The van der Waals surface area contributed by atoms with Gasteiger partial charge in [0.15, 0.2) is 11.6 Å². The monoisotopic (exact) mass is 392 g/mol. The van der Waals surface area contributed by atoms with Crippen molar-refractivity contribution in [2.75, 3.05) is 19.8 Å². The predicted molar refractivity (Wildman–Crippen MR) is 114 cm³/mol. The second-order valence-corrected chi connectivity index (χ2v) is 6.71. The lowest BCUT2D eigenvalue weighted by atomic mass is 10.2. The largest absolute Gasteiger partial charge is 0.490 e. The van der Waals surface area contributed by atoms with Crippen LogP contribution in [0.4, 0.5) is 0 Å². The van der Waals surface area contributed by atoms with E-state index in [-0.39, 0.29) is 0 Å². The summed E-state index contributed by atoms with van der Waals surface area (Å²) in [5.74, 6) is 2.17. The maximum Gasteiger partial charge on any atom is 0.159 e. The molecule has 1 heterocycles. The zero-order valence-corrected chi connectivity index (χ0v) is 16.9. The number of nitrogens with zero attached hydrogens (tertiary/aromatic N) is 2. The van der Waals surface area contributed by atoms with Crippen LogP contribution in [-0.2, 0) is 11.3 Å². The number of ether oxygens (including phenoxy) is 3. The van der Waals surface area contributed by atoms with Gasteiger partial charge in [-0.1, -0.05) is 37.3 Å². The Labute approximate surface area is 172 Å². The molecule has 3 aromatic rings. The summed E-state index contributed by atoms with van der Waals surface area (Å²) >= 11 is 0. The van der Waals surface area contributed by atoms with Crippen LogP contribution in [0.5, 0.6) is 11.5 Å². The van der Waals surface area contributed by atoms with E-state index >= 15 is 0 Å². The molecule has 0 N–H and O–H groups in total. The highest BCUT2D eigenvalue weighted by Gasteiger charge is 2.03. The standard InChI is InChI=1S/C24H28N2O3/c1-2-14-27-15-6-7-16-28-23-17-25-24(26-18-23)21-10-12-22(13-11-21)29-19-20-8-4-3-5-9-20/h3-5,8-13,17-18H,2,6-7,14-16,19H2,1H3. The van der Waals surface area contributed by atoms with Crippen LogP contribution in [0.2, 0.25) is 0 Å². The van der Waals surface area contributed by atoms with Gasteiger partial charge in [0.2, 0.25) is 0 Å². The average molecular weight is 392 g/mol. The topological polar surface area (TPSA) is 53.5 Å². The summed E-state index contributed by atoms with van der Waals surface area (Å²) in [7, 11) is 0. The Morgan fingerprint density at radius 1 is 0.724 bits per heavy atom. The van der Waals surface area contributed by atoms with Gasteiger partial charge >= 0.3 is 0 Å². The molecule has 0 radical (unpaired) electrons. The number of benzene rings is 2. The molecule has 0 aliphatic carbocycles. The van der Waals surface area contributed by atoms with Crippen molar-refractivity contribution in [3.8, 4) is 22.9 Å². The first-order valence-corrected chi connectivity index (χ1v) is 10.1. The Hall–Kier alpha value is -2.92. The molecule has 0 amide bonds. The molecule has 29 heavy (non-hydrogen) atoms. The Morgan fingerprint density at radius 2 is 1.45 bits per heavy atom. The Morgan fingerprint density at radius 3 is 2.17 bits per heavy atom. The van der Waals surface area contributed by atoms with E-state index in [0.717, 1.165) is 49.4 Å². The summed E-state index contributed by atoms with van der Waals surface area (Å²) in [6.45, 7) is 4.92. The maximum absolute atomic E-state index is 5.82. The molecule has 0 saturated carbocycles. The first kappa shape index (κ1) is 20.8. The molecule has 0 atom stereocenters. The first-order chi connectivity index (χ1) is 14.3. The second-order valence-electron chi connectivity index (χ2n) is 6.71. The Kier molecular flexibility index (Phi) is 8.48. The van der Waals surface area contributed by atoms with E-state index in [1.165, 1.54) is 0 Å². The van der Waals surface area contributed by atoms with E-state index in [1.807, 2.05) is 54.6 Å². The van der Waals surface area contributed by atoms with Gasteiger partial charge in [-0.2, -0.15) is 0 Å². The van der Waals surface area contributed by atoms with Crippen molar-refractivity contribution in [2.24, 2.45) is 0 Å². The fourth-order valence-corrected chi connectivity index (χ4v) is 2.72. The van der Waals surface area contributed by atoms with Crippen molar-refractivity contribution in [1.82, 2.24) is 9.97 Å². The summed E-state index contributed by atoms with van der Waals surface area (Å²) in [6, 6.07) is 17.9. The quantitative estimate of drug-likeness (QED) is 0.391. The van der Waals surface area contributed by atoms with E-state index in [1.54, 1.807) is 12.4 Å². The molecule has 0 saturated heterocycles. The van der Waals surface area contributed by atoms with E-state index in [0.29, 0.717) is 24.8 Å². The highest BCUT2D eigenvalue weighted by atomic mass is 16.5. The van der Waals surface area contributed by atoms with Crippen LogP contribution < -0.4 is 9.47 Å². The number of rotatable bonds is 12. The van der Waals surface area contributed by atoms with Crippen molar-refractivity contribution < 1.29 is 14.2 Å². The fraction of sp³-hybridized carbons (Fsp3) is 0.333. The lowest BCUT2D eigenvalue weighted by Gasteiger charge is -2.08. The molecule has 0 aliphatic heterocycles. The maximum atomic E-state index is 5.82. The van der Waals surface area contributed by atoms with Crippen molar-refractivity contribution in [3.05, 3.63) is 72.6 Å². The fourth-order valence-electron chi connectivity index (χ4n) is 2.72. The zero-order chi connectivity index (χ0) is 20.2. The van der Waals surface area contributed by atoms with Crippen LogP contribution in [0.25, 0.3) is 11.4 Å². The van der Waals surface area contributed by atoms with E-state index < -0.39 is 0 Å². The summed E-state index contributed by atoms with van der Waals surface area (Å²) < 4.78 is 17.0. The van der Waals surface area contributed by atoms with Crippen LogP contribution in [0.15, 0.2) is 67.0 Å². The molecule has 152 valence electrons. The number of hydrogen-bond donors (Lipinski definition) is 0. The molecule has 0 bridgehead atoms. The molecule has 3 rings (SSSR count). The number of hydrogen-bond acceptors (Lipinski definition) is 5. The van der Waals surface area contributed by atoms with Crippen LogP contribution in [-0.4, -0.2) is 29.8 Å². The molecule has 5 heteroatoms. The number of unbranched alkanes of at least 4 members (excludes halogenated alkanes) is 1. The molecule has 0 spiro atoms. The van der Waals surface area contributed by atoms with Gasteiger partial charge in [-0.25, -0.2) is 9.97 Å². The van der Waals surface area contributed by atoms with E-state index in [2.05, 4.69) is 16.9 Å². The van der Waals surface area contributed by atoms with Gasteiger partial charge in [0.25, 0.3) is 0 Å². The lowest BCUT2D eigenvalue weighted by molar-refractivity contribution is 0.127. The van der Waals surface area contributed by atoms with Crippen LogP contribution in [0, 0.1) is 0 Å². The van der Waals surface area contributed by atoms with Gasteiger partial charge in [-0.15, -0.1) is 0 Å². The molecular formula is C24H28N2O3. The minimum Gasteiger partial charge on any atom is -0.490 e. The minimum absolute atomic E-state index is 0.549.